The third kappa shape index (κ3) is 2.22. The molecule has 1 aromatic carbocycles. The molecule has 0 aliphatic carbocycles. The van der Waals surface area contributed by atoms with E-state index in [9.17, 15) is 38.6 Å². The Morgan fingerprint density at radius 1 is 1.19 bits per heavy atom. The number of rotatable bonds is 2. The van der Waals surface area contributed by atoms with Crippen LogP contribution in [0.5, 0.6) is 0 Å². The lowest BCUT2D eigenvalue weighted by Crippen LogP contribution is -2.46. The van der Waals surface area contributed by atoms with Gasteiger partial charge in [0.05, 0.1) is 15.5 Å². The fourth-order valence-electron chi connectivity index (χ4n) is 1.72. The number of anilines is 1. The second kappa shape index (κ2) is 4.73. The summed E-state index contributed by atoms with van der Waals surface area (Å²) < 4.78 is 26.7. The van der Waals surface area contributed by atoms with Crippen molar-refractivity contribution in [2.45, 2.75) is 6.17 Å². The van der Waals surface area contributed by atoms with E-state index >= 15 is 0 Å². The Balaban J connectivity index is 2.71. The Bertz CT molecular complexity index is 706. The van der Waals surface area contributed by atoms with E-state index in [1.165, 1.54) is 0 Å². The first kappa shape index (κ1) is 14.2. The maximum atomic E-state index is 13.5. The second-order valence-corrected chi connectivity index (χ2v) is 3.85. The molecule has 0 saturated carbocycles. The third-order valence-corrected chi connectivity index (χ3v) is 2.59. The predicted octanol–water partition coefficient (Wildman–Crippen LogP) is 0.158. The monoisotopic (exact) mass is 302 g/mol. The van der Waals surface area contributed by atoms with Gasteiger partial charge in [-0.15, -0.1) is 0 Å². The zero-order valence-corrected chi connectivity index (χ0v) is 9.75. The van der Waals surface area contributed by atoms with Crippen LogP contribution in [0, 0.1) is 31.9 Å². The first-order valence-corrected chi connectivity index (χ1v) is 5.15. The number of halogens is 2. The third-order valence-electron chi connectivity index (χ3n) is 2.59. The van der Waals surface area contributed by atoms with E-state index in [1.54, 1.807) is 10.6 Å². The van der Waals surface area contributed by atoms with Gasteiger partial charge in [0.25, 0.3) is 5.91 Å². The van der Waals surface area contributed by atoms with E-state index in [0.717, 1.165) is 0 Å². The van der Waals surface area contributed by atoms with Gasteiger partial charge in [-0.3, -0.25) is 35.1 Å². The van der Waals surface area contributed by atoms with Crippen LogP contribution in [0.25, 0.3) is 0 Å². The van der Waals surface area contributed by atoms with Gasteiger partial charge < -0.3 is 5.32 Å². The van der Waals surface area contributed by atoms with Crippen LogP contribution >= 0.6 is 0 Å². The number of nitrogens with zero attached hydrogens (tertiary/aromatic N) is 2. The van der Waals surface area contributed by atoms with E-state index in [2.05, 4.69) is 0 Å². The highest BCUT2D eigenvalue weighted by molar-refractivity contribution is 6.11. The van der Waals surface area contributed by atoms with Crippen LogP contribution in [-0.4, -0.2) is 27.8 Å². The van der Waals surface area contributed by atoms with Gasteiger partial charge in [0.2, 0.25) is 5.82 Å². The summed E-state index contributed by atoms with van der Waals surface area (Å²) in [5.41, 5.74) is -3.25. The van der Waals surface area contributed by atoms with Gasteiger partial charge in [-0.1, -0.05) is 0 Å². The largest absolute Gasteiger partial charge is 0.365 e. The molecule has 0 saturated heterocycles. The maximum Gasteiger partial charge on any atom is 0.365 e. The van der Waals surface area contributed by atoms with Crippen LogP contribution in [-0.2, 0) is 4.79 Å². The Labute approximate surface area is 113 Å². The van der Waals surface area contributed by atoms with Crippen LogP contribution in [0.3, 0.4) is 0 Å². The first-order chi connectivity index (χ1) is 9.73. The second-order valence-electron chi connectivity index (χ2n) is 3.85. The number of carbonyl (C=O) groups excluding carboxylic acids is 2. The Morgan fingerprint density at radius 3 is 2.33 bits per heavy atom. The molecule has 1 aliphatic rings. The molecule has 10 nitrogen and oxygen atoms in total. The van der Waals surface area contributed by atoms with Crippen molar-refractivity contribution < 1.29 is 28.2 Å². The molecule has 1 atom stereocenters. The molecule has 21 heavy (non-hydrogen) atoms. The molecule has 110 valence electrons. The van der Waals surface area contributed by atoms with Gasteiger partial charge in [0, 0.05) is 6.07 Å². The zero-order valence-electron chi connectivity index (χ0n) is 9.75. The minimum atomic E-state index is -2.24. The zero-order chi connectivity index (χ0) is 15.9. The van der Waals surface area contributed by atoms with E-state index in [4.69, 9.17) is 0 Å². The number of carbonyl (C=O) groups is 2. The summed E-state index contributed by atoms with van der Waals surface area (Å²) in [7, 11) is 0. The number of nitro groups is 2. The molecule has 0 fully saturated rings. The minimum Gasteiger partial charge on any atom is -0.317 e. The maximum absolute atomic E-state index is 13.5. The molecule has 0 spiro atoms. The van der Waals surface area contributed by atoms with Crippen molar-refractivity contribution >= 4 is 23.2 Å². The molecule has 1 heterocycles. The highest BCUT2D eigenvalue weighted by atomic mass is 19.2. The molecule has 0 bridgehead atoms. The van der Waals surface area contributed by atoms with Crippen LogP contribution < -0.4 is 10.6 Å². The lowest BCUT2D eigenvalue weighted by molar-refractivity contribution is -0.510. The molecule has 2 rings (SSSR count). The average molecular weight is 302 g/mol. The molecule has 0 aromatic heterocycles. The van der Waals surface area contributed by atoms with Crippen molar-refractivity contribution in [1.82, 2.24) is 5.32 Å². The highest BCUT2D eigenvalue weighted by Crippen LogP contribution is 2.33. The van der Waals surface area contributed by atoms with E-state index in [0.29, 0.717) is 6.07 Å². The normalized spacial score (nSPS) is 17.3. The first-order valence-electron chi connectivity index (χ1n) is 5.15. The van der Waals surface area contributed by atoms with Crippen molar-refractivity contribution in [3.63, 3.8) is 0 Å². The lowest BCUT2D eigenvalue weighted by atomic mass is 10.1. The van der Waals surface area contributed by atoms with Gasteiger partial charge in [0.1, 0.15) is 5.56 Å². The van der Waals surface area contributed by atoms with Crippen molar-refractivity contribution in [2.24, 2.45) is 0 Å². The van der Waals surface area contributed by atoms with Gasteiger partial charge in [-0.2, -0.15) is 4.39 Å². The average Bonchev–Trinajstić information content (AvgIpc) is 2.48. The number of benzene rings is 1. The van der Waals surface area contributed by atoms with Crippen LogP contribution in [0.1, 0.15) is 10.4 Å². The highest BCUT2D eigenvalue weighted by Gasteiger charge is 2.41. The summed E-state index contributed by atoms with van der Waals surface area (Å²) >= 11 is 0. The number of fused-ring (bicyclic) bond motifs is 1. The number of nitrogens with one attached hydrogen (secondary N) is 2. The van der Waals surface area contributed by atoms with Crippen molar-refractivity contribution in [3.8, 4) is 0 Å². The lowest BCUT2D eigenvalue weighted by Gasteiger charge is -2.06. The van der Waals surface area contributed by atoms with E-state index in [-0.39, 0.29) is 0 Å². The molecular weight excluding hydrogens is 298 g/mol. The molecule has 1 aromatic rings. The molecule has 1 unspecified atom stereocenters. The molecular formula is C9H4F2N4O6. The minimum absolute atomic E-state index is 0.331. The van der Waals surface area contributed by atoms with Crippen LogP contribution in [0.15, 0.2) is 6.07 Å². The summed E-state index contributed by atoms with van der Waals surface area (Å²) in [6.07, 6.45) is -2.24. The molecule has 1 aliphatic heterocycles. The predicted molar refractivity (Wildman–Crippen MR) is 59.9 cm³/mol. The van der Waals surface area contributed by atoms with Gasteiger partial charge in [0.15, 0.2) is 5.82 Å². The Morgan fingerprint density at radius 2 is 1.81 bits per heavy atom. The van der Waals surface area contributed by atoms with E-state index < -0.39 is 56.4 Å². The number of hydrogen-bond donors (Lipinski definition) is 2. The standard InChI is InChI=1S/C9H4F2N4O6/c10-2-1-3-4(6(5(2)11)14(18)19)8(16)13-7(15(20)21)9(17)12-3/h1,7H,(H,12,17)(H,13,16). The molecule has 0 radical (unpaired) electrons. The summed E-state index contributed by atoms with van der Waals surface area (Å²) in [6, 6.07) is 0.331. The molecule has 2 amide bonds. The number of nitro benzene ring substituents is 1. The number of amides is 2. The SMILES string of the molecule is O=C1NC([N+](=O)[O-])C(=O)Nc2cc(F)c(F)c([N+](=O)[O-])c21. The van der Waals surface area contributed by atoms with Crippen molar-refractivity contribution in [3.05, 3.63) is 43.5 Å². The number of hydrogen-bond acceptors (Lipinski definition) is 6. The summed E-state index contributed by atoms with van der Waals surface area (Å²) in [5, 5.41) is 24.7. The Kier molecular flexibility index (Phi) is 3.21. The molecule has 2 N–H and O–H groups in total. The summed E-state index contributed by atoms with van der Waals surface area (Å²) in [4.78, 5) is 42.1. The van der Waals surface area contributed by atoms with E-state index in [1.807, 2.05) is 0 Å². The topological polar surface area (TPSA) is 144 Å². The van der Waals surface area contributed by atoms with Gasteiger partial charge >= 0.3 is 17.8 Å². The smallest absolute Gasteiger partial charge is 0.317 e. The van der Waals surface area contributed by atoms with Crippen molar-refractivity contribution in [2.75, 3.05) is 5.32 Å². The Hall–Kier alpha value is -3.18. The summed E-state index contributed by atoms with van der Waals surface area (Å²) in [6.45, 7) is 0. The molecule has 12 heteroatoms. The van der Waals surface area contributed by atoms with Crippen molar-refractivity contribution in [1.29, 1.82) is 0 Å². The fraction of sp³-hybridized carbons (Fsp3) is 0.111. The fourth-order valence-corrected chi connectivity index (χ4v) is 1.72. The van der Waals surface area contributed by atoms with Gasteiger partial charge in [-0.25, -0.2) is 4.39 Å². The van der Waals surface area contributed by atoms with Gasteiger partial charge in [-0.05, 0) is 0 Å². The van der Waals surface area contributed by atoms with Crippen LogP contribution in [0.4, 0.5) is 20.2 Å². The van der Waals surface area contributed by atoms with Crippen LogP contribution in [0.2, 0.25) is 0 Å². The quantitative estimate of drug-likeness (QED) is 0.588. The summed E-state index contributed by atoms with van der Waals surface area (Å²) in [5.74, 6) is -6.40.